The van der Waals surface area contributed by atoms with Crippen molar-refractivity contribution < 1.29 is 9.59 Å². The topological polar surface area (TPSA) is 49.4 Å². The second-order valence-electron chi connectivity index (χ2n) is 9.28. The zero-order valence-electron chi connectivity index (χ0n) is 21.1. The van der Waals surface area contributed by atoms with Gasteiger partial charge in [-0.05, 0) is 61.6 Å². The molecule has 0 aromatic heterocycles. The number of amides is 2. The van der Waals surface area contributed by atoms with E-state index < -0.39 is 6.04 Å². The Morgan fingerprint density at radius 2 is 1.66 bits per heavy atom. The number of rotatable bonds is 10. The van der Waals surface area contributed by atoms with E-state index in [4.69, 9.17) is 0 Å². The molecule has 0 radical (unpaired) electrons. The molecule has 0 aliphatic heterocycles. The van der Waals surface area contributed by atoms with E-state index in [2.05, 4.69) is 33.4 Å². The van der Waals surface area contributed by atoms with Crippen molar-refractivity contribution in [3.63, 3.8) is 0 Å². The van der Waals surface area contributed by atoms with Gasteiger partial charge >= 0.3 is 0 Å². The van der Waals surface area contributed by atoms with Crippen molar-refractivity contribution in [1.29, 1.82) is 0 Å². The lowest BCUT2D eigenvalue weighted by molar-refractivity contribution is -0.141. The molecule has 0 aliphatic rings. The summed E-state index contributed by atoms with van der Waals surface area (Å²) in [5.41, 5.74) is 5.19. The minimum Gasteiger partial charge on any atom is -0.352 e. The van der Waals surface area contributed by atoms with Crippen LogP contribution in [-0.2, 0) is 29.0 Å². The highest BCUT2D eigenvalue weighted by Gasteiger charge is 2.31. The zero-order valence-corrected chi connectivity index (χ0v) is 22.6. The minimum atomic E-state index is -0.622. The lowest BCUT2D eigenvalue weighted by Crippen LogP contribution is -2.52. The van der Waals surface area contributed by atoms with Gasteiger partial charge in [-0.25, -0.2) is 0 Å². The SMILES string of the molecule is CCC(C)NC(=O)C(Cc1ccccc1)N(Cc1cccc(Br)c1)C(=O)Cc1cc(C)ccc1C. The third-order valence-electron chi connectivity index (χ3n) is 6.36. The Morgan fingerprint density at radius 1 is 0.943 bits per heavy atom. The number of nitrogens with zero attached hydrogens (tertiary/aromatic N) is 1. The Morgan fingerprint density at radius 3 is 2.34 bits per heavy atom. The molecule has 3 aromatic carbocycles. The predicted molar refractivity (Wildman–Crippen MR) is 146 cm³/mol. The molecular formula is C30H35BrN2O2. The molecule has 35 heavy (non-hydrogen) atoms. The molecule has 0 bridgehead atoms. The van der Waals surface area contributed by atoms with Gasteiger partial charge in [0.05, 0.1) is 6.42 Å². The van der Waals surface area contributed by atoms with Crippen LogP contribution in [0.2, 0.25) is 0 Å². The maximum atomic E-state index is 13.9. The van der Waals surface area contributed by atoms with Gasteiger partial charge in [0.2, 0.25) is 11.8 Å². The van der Waals surface area contributed by atoms with Gasteiger partial charge in [-0.1, -0.05) is 89.1 Å². The molecular weight excluding hydrogens is 500 g/mol. The molecule has 0 aliphatic carbocycles. The van der Waals surface area contributed by atoms with Gasteiger partial charge in [0.25, 0.3) is 0 Å². The molecule has 2 amide bonds. The number of hydrogen-bond acceptors (Lipinski definition) is 2. The highest BCUT2D eigenvalue weighted by Crippen LogP contribution is 2.20. The summed E-state index contributed by atoms with van der Waals surface area (Å²) >= 11 is 3.54. The van der Waals surface area contributed by atoms with Crippen molar-refractivity contribution in [3.8, 4) is 0 Å². The van der Waals surface area contributed by atoms with Crippen LogP contribution in [0, 0.1) is 13.8 Å². The van der Waals surface area contributed by atoms with Crippen LogP contribution in [0.4, 0.5) is 0 Å². The fraction of sp³-hybridized carbons (Fsp3) is 0.333. The lowest BCUT2D eigenvalue weighted by atomic mass is 9.99. The predicted octanol–water partition coefficient (Wildman–Crippen LogP) is 6.16. The van der Waals surface area contributed by atoms with Crippen molar-refractivity contribution >= 4 is 27.7 Å². The summed E-state index contributed by atoms with van der Waals surface area (Å²) in [5.74, 6) is -0.175. The second-order valence-corrected chi connectivity index (χ2v) is 10.2. The third kappa shape index (κ3) is 7.79. The van der Waals surface area contributed by atoms with Crippen LogP contribution in [0.3, 0.4) is 0 Å². The smallest absolute Gasteiger partial charge is 0.243 e. The Balaban J connectivity index is 2.00. The van der Waals surface area contributed by atoms with Crippen molar-refractivity contribution in [2.75, 3.05) is 0 Å². The Bertz CT molecular complexity index is 1150. The van der Waals surface area contributed by atoms with Crippen molar-refractivity contribution in [2.45, 2.75) is 65.6 Å². The van der Waals surface area contributed by atoms with E-state index in [1.807, 2.05) is 88.4 Å². The first kappa shape index (κ1) is 26.7. The largest absolute Gasteiger partial charge is 0.352 e. The van der Waals surface area contributed by atoms with Gasteiger partial charge in [0.1, 0.15) is 6.04 Å². The van der Waals surface area contributed by atoms with E-state index in [0.29, 0.717) is 13.0 Å². The maximum Gasteiger partial charge on any atom is 0.243 e. The van der Waals surface area contributed by atoms with Crippen LogP contribution < -0.4 is 5.32 Å². The molecule has 2 atom stereocenters. The molecule has 3 aromatic rings. The summed E-state index contributed by atoms with van der Waals surface area (Å²) in [6.07, 6.45) is 1.53. The van der Waals surface area contributed by atoms with E-state index in [-0.39, 0.29) is 24.3 Å². The Kier molecular flexibility index (Phi) is 9.67. The molecule has 184 valence electrons. The first-order valence-corrected chi connectivity index (χ1v) is 13.0. The standard InChI is InChI=1S/C30H35BrN2O2/c1-5-23(4)32-30(35)28(18-24-10-7-6-8-11-24)33(20-25-12-9-13-27(31)17-25)29(34)19-26-16-21(2)14-15-22(26)3/h6-17,23,28H,5,18-20H2,1-4H3,(H,32,35). The van der Waals surface area contributed by atoms with Gasteiger partial charge in [-0.3, -0.25) is 9.59 Å². The average Bonchev–Trinajstić information content (AvgIpc) is 2.84. The minimum absolute atomic E-state index is 0.0302. The van der Waals surface area contributed by atoms with E-state index in [9.17, 15) is 9.59 Å². The van der Waals surface area contributed by atoms with Crippen LogP contribution in [0.5, 0.6) is 0 Å². The number of halogens is 1. The van der Waals surface area contributed by atoms with Gasteiger partial charge in [-0.2, -0.15) is 0 Å². The number of benzene rings is 3. The maximum absolute atomic E-state index is 13.9. The van der Waals surface area contributed by atoms with Crippen LogP contribution in [-0.4, -0.2) is 28.8 Å². The normalized spacial score (nSPS) is 12.6. The molecule has 4 nitrogen and oxygen atoms in total. The van der Waals surface area contributed by atoms with E-state index in [0.717, 1.165) is 38.7 Å². The van der Waals surface area contributed by atoms with Crippen LogP contribution >= 0.6 is 15.9 Å². The van der Waals surface area contributed by atoms with Crippen LogP contribution in [0.25, 0.3) is 0 Å². The third-order valence-corrected chi connectivity index (χ3v) is 6.85. The van der Waals surface area contributed by atoms with Gasteiger partial charge in [-0.15, -0.1) is 0 Å². The fourth-order valence-corrected chi connectivity index (χ4v) is 4.53. The molecule has 0 spiro atoms. The second kappa shape index (κ2) is 12.7. The molecule has 0 fully saturated rings. The highest BCUT2D eigenvalue weighted by atomic mass is 79.9. The number of hydrogen-bond donors (Lipinski definition) is 1. The highest BCUT2D eigenvalue weighted by molar-refractivity contribution is 9.10. The molecule has 1 N–H and O–H groups in total. The summed E-state index contributed by atoms with van der Waals surface area (Å²) in [7, 11) is 0. The molecule has 0 saturated carbocycles. The fourth-order valence-electron chi connectivity index (χ4n) is 4.08. The van der Waals surface area contributed by atoms with Crippen LogP contribution in [0.1, 0.15) is 48.1 Å². The van der Waals surface area contributed by atoms with E-state index in [1.54, 1.807) is 4.90 Å². The van der Waals surface area contributed by atoms with Crippen molar-refractivity contribution in [3.05, 3.63) is 105 Å². The van der Waals surface area contributed by atoms with E-state index in [1.165, 1.54) is 0 Å². The first-order chi connectivity index (χ1) is 16.8. The van der Waals surface area contributed by atoms with Crippen LogP contribution in [0.15, 0.2) is 77.3 Å². The molecule has 3 rings (SSSR count). The first-order valence-electron chi connectivity index (χ1n) is 12.2. The summed E-state index contributed by atoms with van der Waals surface area (Å²) in [6.45, 7) is 8.45. The number of nitrogens with one attached hydrogen (secondary N) is 1. The molecule has 0 saturated heterocycles. The molecule has 0 heterocycles. The van der Waals surface area contributed by atoms with Gasteiger partial charge in [0.15, 0.2) is 0 Å². The lowest BCUT2D eigenvalue weighted by Gasteiger charge is -2.32. The summed E-state index contributed by atoms with van der Waals surface area (Å²) in [5, 5.41) is 3.12. The number of aryl methyl sites for hydroxylation is 2. The monoisotopic (exact) mass is 534 g/mol. The Hall–Kier alpha value is -2.92. The van der Waals surface area contributed by atoms with Gasteiger partial charge in [0, 0.05) is 23.5 Å². The molecule has 5 heteroatoms. The quantitative estimate of drug-likeness (QED) is 0.338. The molecule has 2 unspecified atom stereocenters. The summed E-state index contributed by atoms with van der Waals surface area (Å²) in [4.78, 5) is 29.2. The number of carbonyl (C=O) groups is 2. The summed E-state index contributed by atoms with van der Waals surface area (Å²) in [6, 6.07) is 23.4. The van der Waals surface area contributed by atoms with E-state index >= 15 is 0 Å². The van der Waals surface area contributed by atoms with Gasteiger partial charge < -0.3 is 10.2 Å². The summed E-state index contributed by atoms with van der Waals surface area (Å²) < 4.78 is 0.945. The Labute approximate surface area is 217 Å². The number of carbonyl (C=O) groups excluding carboxylic acids is 2. The average molecular weight is 536 g/mol. The van der Waals surface area contributed by atoms with Crippen molar-refractivity contribution in [1.82, 2.24) is 10.2 Å². The van der Waals surface area contributed by atoms with Crippen molar-refractivity contribution in [2.24, 2.45) is 0 Å². The zero-order chi connectivity index (χ0) is 25.4.